The third kappa shape index (κ3) is 3.26. The standard InChI is InChI=1S/C19H21N5OS/c1-13-11-15(17-6-4-10-26-17)22-18(21-13)14-5-3-9-24(12-14)19(25)16-7-8-20-23(16)2/h4,6-8,10-11,14H,3,5,9,12H2,1-2H3/t14-/m1/s1. The van der Waals surface area contributed by atoms with Gasteiger partial charge in [0.15, 0.2) is 0 Å². The molecule has 1 aliphatic rings. The Balaban J connectivity index is 1.58. The lowest BCUT2D eigenvalue weighted by Gasteiger charge is -2.32. The summed E-state index contributed by atoms with van der Waals surface area (Å²) < 4.78 is 1.63. The zero-order valence-corrected chi connectivity index (χ0v) is 15.7. The Morgan fingerprint density at radius 1 is 1.31 bits per heavy atom. The Morgan fingerprint density at radius 2 is 2.19 bits per heavy atom. The maximum absolute atomic E-state index is 12.8. The van der Waals surface area contributed by atoms with Gasteiger partial charge >= 0.3 is 0 Å². The van der Waals surface area contributed by atoms with Crippen LogP contribution in [0.4, 0.5) is 0 Å². The summed E-state index contributed by atoms with van der Waals surface area (Å²) in [5.41, 5.74) is 2.56. The minimum Gasteiger partial charge on any atom is -0.337 e. The van der Waals surface area contributed by atoms with Gasteiger partial charge in [-0.3, -0.25) is 9.48 Å². The summed E-state index contributed by atoms with van der Waals surface area (Å²) in [7, 11) is 1.80. The Bertz CT molecular complexity index is 918. The number of piperidine rings is 1. The minimum atomic E-state index is 0.0285. The number of rotatable bonds is 3. The number of hydrogen-bond donors (Lipinski definition) is 0. The van der Waals surface area contributed by atoms with Crippen LogP contribution >= 0.6 is 11.3 Å². The van der Waals surface area contributed by atoms with Crippen LogP contribution in [0.2, 0.25) is 0 Å². The van der Waals surface area contributed by atoms with Gasteiger partial charge < -0.3 is 4.90 Å². The lowest BCUT2D eigenvalue weighted by molar-refractivity contribution is 0.0693. The van der Waals surface area contributed by atoms with E-state index in [1.165, 1.54) is 0 Å². The molecule has 4 rings (SSSR count). The molecule has 1 amide bonds. The van der Waals surface area contributed by atoms with Crippen molar-refractivity contribution in [3.8, 4) is 10.6 Å². The monoisotopic (exact) mass is 367 g/mol. The molecule has 0 N–H and O–H groups in total. The van der Waals surface area contributed by atoms with E-state index in [0.717, 1.165) is 41.5 Å². The molecular formula is C19H21N5OS. The van der Waals surface area contributed by atoms with Crippen molar-refractivity contribution in [1.82, 2.24) is 24.6 Å². The molecule has 0 saturated carbocycles. The van der Waals surface area contributed by atoms with E-state index in [9.17, 15) is 4.79 Å². The van der Waals surface area contributed by atoms with Crippen molar-refractivity contribution >= 4 is 17.2 Å². The van der Waals surface area contributed by atoms with Gasteiger partial charge in [0.1, 0.15) is 11.5 Å². The minimum absolute atomic E-state index is 0.0285. The SMILES string of the molecule is Cc1cc(-c2cccs2)nc([C@@H]2CCCN(C(=O)c3ccnn3C)C2)n1. The predicted molar refractivity (Wildman–Crippen MR) is 101 cm³/mol. The lowest BCUT2D eigenvalue weighted by Crippen LogP contribution is -2.40. The van der Waals surface area contributed by atoms with Gasteiger partial charge in [-0.05, 0) is 43.3 Å². The topological polar surface area (TPSA) is 63.9 Å². The van der Waals surface area contributed by atoms with E-state index in [1.807, 2.05) is 24.0 Å². The number of carbonyl (C=O) groups is 1. The molecule has 7 heteroatoms. The molecule has 26 heavy (non-hydrogen) atoms. The molecule has 1 saturated heterocycles. The fourth-order valence-corrected chi connectivity index (χ4v) is 4.13. The van der Waals surface area contributed by atoms with Crippen LogP contribution in [0, 0.1) is 6.92 Å². The van der Waals surface area contributed by atoms with E-state index in [0.29, 0.717) is 12.2 Å². The maximum Gasteiger partial charge on any atom is 0.272 e. The molecule has 1 aliphatic heterocycles. The molecule has 3 aromatic heterocycles. The molecule has 0 radical (unpaired) electrons. The third-order valence-corrected chi connectivity index (χ3v) is 5.65. The molecular weight excluding hydrogens is 346 g/mol. The van der Waals surface area contributed by atoms with Gasteiger partial charge in [0.05, 0.1) is 10.6 Å². The zero-order valence-electron chi connectivity index (χ0n) is 14.9. The van der Waals surface area contributed by atoms with Gasteiger partial charge in [0.25, 0.3) is 5.91 Å². The van der Waals surface area contributed by atoms with Crippen molar-refractivity contribution in [3.05, 3.63) is 53.1 Å². The first-order valence-corrected chi connectivity index (χ1v) is 9.66. The molecule has 1 atom stereocenters. The largest absolute Gasteiger partial charge is 0.337 e. The fraction of sp³-hybridized carbons (Fsp3) is 0.368. The first kappa shape index (κ1) is 16.9. The van der Waals surface area contributed by atoms with Crippen molar-refractivity contribution in [3.63, 3.8) is 0 Å². The second-order valence-corrected chi connectivity index (χ2v) is 7.61. The van der Waals surface area contributed by atoms with Crippen LogP contribution in [-0.4, -0.2) is 43.6 Å². The van der Waals surface area contributed by atoms with Gasteiger partial charge in [-0.15, -0.1) is 11.3 Å². The molecule has 0 bridgehead atoms. The van der Waals surface area contributed by atoms with Crippen molar-refractivity contribution < 1.29 is 4.79 Å². The number of likely N-dealkylation sites (tertiary alicyclic amines) is 1. The Morgan fingerprint density at radius 3 is 2.92 bits per heavy atom. The number of thiophene rings is 1. The highest BCUT2D eigenvalue weighted by atomic mass is 32.1. The zero-order chi connectivity index (χ0) is 18.1. The molecule has 0 unspecified atom stereocenters. The van der Waals surface area contributed by atoms with Crippen molar-refractivity contribution in [2.75, 3.05) is 13.1 Å². The first-order valence-electron chi connectivity index (χ1n) is 8.78. The first-order chi connectivity index (χ1) is 12.6. The van der Waals surface area contributed by atoms with E-state index in [2.05, 4.69) is 21.5 Å². The highest BCUT2D eigenvalue weighted by Gasteiger charge is 2.28. The average molecular weight is 367 g/mol. The summed E-state index contributed by atoms with van der Waals surface area (Å²) in [6, 6.07) is 7.90. The Labute approximate surface area is 156 Å². The van der Waals surface area contributed by atoms with Crippen molar-refractivity contribution in [2.24, 2.45) is 7.05 Å². The number of amides is 1. The van der Waals surface area contributed by atoms with Gasteiger partial charge in [0, 0.05) is 37.9 Å². The highest BCUT2D eigenvalue weighted by Crippen LogP contribution is 2.29. The number of aryl methyl sites for hydroxylation is 2. The second-order valence-electron chi connectivity index (χ2n) is 6.66. The average Bonchev–Trinajstić information content (AvgIpc) is 3.32. The Kier molecular flexibility index (Phi) is 4.55. The summed E-state index contributed by atoms with van der Waals surface area (Å²) in [6.07, 6.45) is 3.62. The van der Waals surface area contributed by atoms with Crippen molar-refractivity contribution in [2.45, 2.75) is 25.7 Å². The van der Waals surface area contributed by atoms with Crippen LogP contribution in [0.25, 0.3) is 10.6 Å². The van der Waals surface area contributed by atoms with Crippen LogP contribution in [0.5, 0.6) is 0 Å². The second kappa shape index (κ2) is 6.99. The van der Waals surface area contributed by atoms with E-state index in [4.69, 9.17) is 4.98 Å². The summed E-state index contributed by atoms with van der Waals surface area (Å²) in [4.78, 5) is 25.4. The van der Waals surface area contributed by atoms with Crippen LogP contribution in [0.3, 0.4) is 0 Å². The number of aromatic nitrogens is 4. The number of hydrogen-bond acceptors (Lipinski definition) is 5. The number of nitrogens with zero attached hydrogens (tertiary/aromatic N) is 5. The van der Waals surface area contributed by atoms with E-state index in [-0.39, 0.29) is 11.8 Å². The summed E-state index contributed by atoms with van der Waals surface area (Å²) in [5, 5.41) is 6.16. The van der Waals surface area contributed by atoms with Gasteiger partial charge in [0.2, 0.25) is 0 Å². The fourth-order valence-electron chi connectivity index (χ4n) is 3.44. The van der Waals surface area contributed by atoms with Crippen LogP contribution < -0.4 is 0 Å². The summed E-state index contributed by atoms with van der Waals surface area (Å²) in [5.74, 6) is 1.04. The molecule has 0 spiro atoms. The molecule has 6 nitrogen and oxygen atoms in total. The molecule has 1 fully saturated rings. The Hall–Kier alpha value is -2.54. The summed E-state index contributed by atoms with van der Waals surface area (Å²) in [6.45, 7) is 3.42. The van der Waals surface area contributed by atoms with Crippen molar-refractivity contribution in [1.29, 1.82) is 0 Å². The van der Waals surface area contributed by atoms with Crippen LogP contribution in [0.15, 0.2) is 35.8 Å². The maximum atomic E-state index is 12.8. The highest BCUT2D eigenvalue weighted by molar-refractivity contribution is 7.13. The molecule has 3 aromatic rings. The quantitative estimate of drug-likeness (QED) is 0.713. The van der Waals surface area contributed by atoms with Gasteiger partial charge in [-0.1, -0.05) is 6.07 Å². The molecule has 0 aliphatic carbocycles. The van der Waals surface area contributed by atoms with Gasteiger partial charge in [-0.2, -0.15) is 5.10 Å². The smallest absolute Gasteiger partial charge is 0.272 e. The van der Waals surface area contributed by atoms with E-state index >= 15 is 0 Å². The van der Waals surface area contributed by atoms with Crippen LogP contribution in [0.1, 0.15) is 40.8 Å². The summed E-state index contributed by atoms with van der Waals surface area (Å²) >= 11 is 1.68. The van der Waals surface area contributed by atoms with E-state index in [1.54, 1.807) is 35.3 Å². The lowest BCUT2D eigenvalue weighted by atomic mass is 9.96. The van der Waals surface area contributed by atoms with Gasteiger partial charge in [-0.25, -0.2) is 9.97 Å². The molecule has 134 valence electrons. The van der Waals surface area contributed by atoms with E-state index < -0.39 is 0 Å². The molecule has 4 heterocycles. The normalized spacial score (nSPS) is 17.5. The third-order valence-electron chi connectivity index (χ3n) is 4.76. The molecule has 0 aromatic carbocycles. The predicted octanol–water partition coefficient (Wildman–Crippen LogP) is 3.27. The van der Waals surface area contributed by atoms with Crippen LogP contribution in [-0.2, 0) is 7.05 Å². The number of carbonyl (C=O) groups excluding carboxylic acids is 1.